The fraction of sp³-hybridized carbons (Fsp3) is 0.625. The summed E-state index contributed by atoms with van der Waals surface area (Å²) in [5.74, 6) is -3.37. The number of carbonyl (C=O) groups excluding carboxylic acids is 3. The first-order valence-electron chi connectivity index (χ1n) is 11.7. The number of ether oxygens (including phenoxy) is 2. The van der Waals surface area contributed by atoms with E-state index in [0.29, 0.717) is 38.3 Å². The Morgan fingerprint density at radius 2 is 1.79 bits per heavy atom. The van der Waals surface area contributed by atoms with Crippen molar-refractivity contribution in [1.29, 1.82) is 0 Å². The van der Waals surface area contributed by atoms with Gasteiger partial charge in [-0.3, -0.25) is 19.3 Å². The predicted octanol–water partition coefficient (Wildman–Crippen LogP) is 3.27. The molecule has 3 fully saturated rings. The molecule has 0 N–H and O–H groups in total. The van der Waals surface area contributed by atoms with Gasteiger partial charge in [-0.25, -0.2) is 8.78 Å². The second-order valence-corrected chi connectivity index (χ2v) is 9.04. The van der Waals surface area contributed by atoms with Crippen molar-refractivity contribution < 1.29 is 32.6 Å². The van der Waals surface area contributed by atoms with Gasteiger partial charge in [0.05, 0.1) is 19.1 Å². The summed E-state index contributed by atoms with van der Waals surface area (Å²) >= 11 is 0. The predicted molar refractivity (Wildman–Crippen MR) is 114 cm³/mol. The Kier molecular flexibility index (Phi) is 6.97. The summed E-state index contributed by atoms with van der Waals surface area (Å²) in [6.07, 6.45) is 5.06. The summed E-state index contributed by atoms with van der Waals surface area (Å²) in [5.41, 5.74) is -1.11. The molecule has 2 heterocycles. The number of amides is 2. The van der Waals surface area contributed by atoms with Crippen molar-refractivity contribution in [3.63, 3.8) is 0 Å². The fourth-order valence-electron chi connectivity index (χ4n) is 5.32. The maximum atomic E-state index is 13.9. The highest BCUT2D eigenvalue weighted by Crippen LogP contribution is 2.42. The van der Waals surface area contributed by atoms with Crippen molar-refractivity contribution in [2.75, 3.05) is 26.3 Å². The molecule has 1 aromatic carbocycles. The molecular weight excluding hydrogens is 434 g/mol. The molecule has 2 amide bonds. The number of hydrogen-bond donors (Lipinski definition) is 0. The van der Waals surface area contributed by atoms with Gasteiger partial charge in [0.25, 0.3) is 5.91 Å². The number of benzene rings is 1. The van der Waals surface area contributed by atoms with Crippen molar-refractivity contribution in [3.05, 3.63) is 35.4 Å². The van der Waals surface area contributed by atoms with Crippen LogP contribution >= 0.6 is 0 Å². The largest absolute Gasteiger partial charge is 0.466 e. The quantitative estimate of drug-likeness (QED) is 0.640. The smallest absolute Gasteiger partial charge is 0.310 e. The molecule has 180 valence electrons. The van der Waals surface area contributed by atoms with Gasteiger partial charge in [-0.1, -0.05) is 6.42 Å². The first kappa shape index (κ1) is 23.6. The molecule has 2 atom stereocenters. The molecule has 1 aliphatic carbocycles. The molecule has 0 radical (unpaired) electrons. The highest BCUT2D eigenvalue weighted by atomic mass is 19.1. The van der Waals surface area contributed by atoms with Gasteiger partial charge in [-0.05, 0) is 57.6 Å². The second kappa shape index (κ2) is 9.75. The molecular formula is C24H30F2N2O5. The Labute approximate surface area is 192 Å². The number of halogens is 2. The van der Waals surface area contributed by atoms with Crippen LogP contribution in [0.2, 0.25) is 0 Å². The number of hydrogen-bond acceptors (Lipinski definition) is 5. The molecule has 0 aromatic heterocycles. The van der Waals surface area contributed by atoms with Crippen molar-refractivity contribution in [2.24, 2.45) is 5.92 Å². The fourth-order valence-corrected chi connectivity index (χ4v) is 5.32. The van der Waals surface area contributed by atoms with Gasteiger partial charge in [0.2, 0.25) is 5.91 Å². The zero-order chi connectivity index (χ0) is 23.6. The van der Waals surface area contributed by atoms with E-state index in [9.17, 15) is 23.2 Å². The summed E-state index contributed by atoms with van der Waals surface area (Å²) < 4.78 is 39.0. The van der Waals surface area contributed by atoms with Gasteiger partial charge >= 0.3 is 5.97 Å². The highest BCUT2D eigenvalue weighted by Gasteiger charge is 2.54. The van der Waals surface area contributed by atoms with Crippen molar-refractivity contribution >= 4 is 17.8 Å². The average molecular weight is 465 g/mol. The van der Waals surface area contributed by atoms with E-state index in [2.05, 4.69) is 0 Å². The molecule has 0 bridgehead atoms. The van der Waals surface area contributed by atoms with Crippen LogP contribution in [0.15, 0.2) is 18.2 Å². The number of likely N-dealkylation sites (tertiary alicyclic amines) is 1. The van der Waals surface area contributed by atoms with Crippen molar-refractivity contribution in [1.82, 2.24) is 9.80 Å². The van der Waals surface area contributed by atoms with E-state index >= 15 is 0 Å². The third-order valence-electron chi connectivity index (χ3n) is 6.86. The molecule has 3 aliphatic rings. The topological polar surface area (TPSA) is 76.2 Å². The molecule has 2 aliphatic heterocycles. The SMILES string of the molecule is CCOC(=O)[C@@H]1CCCN(C(=O)[C@H]2COC3(CCCCC3)N2C(=O)c2cc(F)cc(F)c2)C1. The standard InChI is InChI=1S/C24H30F2N2O5/c1-2-32-23(31)16-7-6-10-27(14-16)22(30)20-15-33-24(8-4-3-5-9-24)28(20)21(29)17-11-18(25)13-19(26)12-17/h11-13,16,20H,2-10,14-15H2,1H3/t16-,20-/m1/s1. The molecule has 9 heteroatoms. The van der Waals surface area contributed by atoms with Gasteiger partial charge in [0, 0.05) is 24.7 Å². The normalized spacial score (nSPS) is 24.7. The highest BCUT2D eigenvalue weighted by molar-refractivity contribution is 5.98. The van der Waals surface area contributed by atoms with E-state index in [1.165, 1.54) is 4.90 Å². The van der Waals surface area contributed by atoms with Crippen LogP contribution in [0.25, 0.3) is 0 Å². The van der Waals surface area contributed by atoms with E-state index < -0.39 is 35.2 Å². The number of nitrogens with zero attached hydrogens (tertiary/aromatic N) is 2. The minimum Gasteiger partial charge on any atom is -0.466 e. The van der Waals surface area contributed by atoms with Gasteiger partial charge < -0.3 is 14.4 Å². The summed E-state index contributed by atoms with van der Waals surface area (Å²) in [5, 5.41) is 0. The number of carbonyl (C=O) groups is 3. The summed E-state index contributed by atoms with van der Waals surface area (Å²) in [4.78, 5) is 42.4. The number of rotatable bonds is 4. The maximum Gasteiger partial charge on any atom is 0.310 e. The second-order valence-electron chi connectivity index (χ2n) is 9.04. The molecule has 0 unspecified atom stereocenters. The van der Waals surface area contributed by atoms with Gasteiger partial charge in [0.15, 0.2) is 0 Å². The van der Waals surface area contributed by atoms with Crippen molar-refractivity contribution in [3.8, 4) is 0 Å². The number of esters is 1. The minimum atomic E-state index is -0.964. The Bertz CT molecular complexity index is 898. The maximum absolute atomic E-state index is 13.9. The Morgan fingerprint density at radius 3 is 2.45 bits per heavy atom. The average Bonchev–Trinajstić information content (AvgIpc) is 3.16. The lowest BCUT2D eigenvalue weighted by atomic mass is 9.89. The van der Waals surface area contributed by atoms with Crippen LogP contribution in [0, 0.1) is 17.6 Å². The molecule has 1 aromatic rings. The van der Waals surface area contributed by atoms with Crippen LogP contribution < -0.4 is 0 Å². The van der Waals surface area contributed by atoms with Gasteiger partial charge in [0.1, 0.15) is 23.4 Å². The Hall–Kier alpha value is -2.55. The van der Waals surface area contributed by atoms with Crippen LogP contribution in [0.4, 0.5) is 8.78 Å². The van der Waals surface area contributed by atoms with Gasteiger partial charge in [-0.15, -0.1) is 0 Å². The lowest BCUT2D eigenvalue weighted by Gasteiger charge is -2.42. The van der Waals surface area contributed by atoms with Crippen LogP contribution in [-0.2, 0) is 19.1 Å². The third kappa shape index (κ3) is 4.74. The number of piperidine rings is 1. The van der Waals surface area contributed by atoms with Gasteiger partial charge in [-0.2, -0.15) is 0 Å². The van der Waals surface area contributed by atoms with E-state index in [1.807, 2.05) is 0 Å². The molecule has 33 heavy (non-hydrogen) atoms. The summed E-state index contributed by atoms with van der Waals surface area (Å²) in [7, 11) is 0. The van der Waals surface area contributed by atoms with E-state index in [1.54, 1.807) is 11.8 Å². The van der Waals surface area contributed by atoms with Crippen LogP contribution in [0.1, 0.15) is 62.2 Å². The zero-order valence-corrected chi connectivity index (χ0v) is 18.9. The summed E-state index contributed by atoms with van der Waals surface area (Å²) in [6.45, 7) is 2.71. The first-order chi connectivity index (χ1) is 15.8. The molecule has 2 saturated heterocycles. The first-order valence-corrected chi connectivity index (χ1v) is 11.7. The molecule has 7 nitrogen and oxygen atoms in total. The van der Waals surface area contributed by atoms with Crippen LogP contribution in [0.5, 0.6) is 0 Å². The monoisotopic (exact) mass is 464 g/mol. The Balaban J connectivity index is 1.61. The third-order valence-corrected chi connectivity index (χ3v) is 6.86. The van der Waals surface area contributed by atoms with Crippen molar-refractivity contribution in [2.45, 2.75) is 63.6 Å². The lowest BCUT2D eigenvalue weighted by molar-refractivity contribution is -0.152. The Morgan fingerprint density at radius 1 is 1.09 bits per heavy atom. The van der Waals surface area contributed by atoms with E-state index in [-0.39, 0.29) is 37.2 Å². The van der Waals surface area contributed by atoms with Crippen LogP contribution in [0.3, 0.4) is 0 Å². The molecule has 4 rings (SSSR count). The lowest BCUT2D eigenvalue weighted by Crippen LogP contribution is -2.58. The van der Waals surface area contributed by atoms with Crippen LogP contribution in [-0.4, -0.2) is 65.7 Å². The molecule has 1 spiro atoms. The zero-order valence-electron chi connectivity index (χ0n) is 18.9. The minimum absolute atomic E-state index is 0.0168. The summed E-state index contributed by atoms with van der Waals surface area (Å²) in [6, 6.07) is 1.77. The molecule has 1 saturated carbocycles. The van der Waals surface area contributed by atoms with E-state index in [4.69, 9.17) is 9.47 Å². The van der Waals surface area contributed by atoms with E-state index in [0.717, 1.165) is 31.4 Å².